The summed E-state index contributed by atoms with van der Waals surface area (Å²) in [6.07, 6.45) is 12.5. The number of hydrogen-bond donors (Lipinski definition) is 0. The molecule has 1 saturated carbocycles. The molecule has 0 radical (unpaired) electrons. The molecular weight excluding hydrogens is 242 g/mol. The Hall–Kier alpha value is -1.91. The van der Waals surface area contributed by atoms with Crippen molar-refractivity contribution in [3.8, 4) is 0 Å². The van der Waals surface area contributed by atoms with Crippen molar-refractivity contribution in [2.75, 3.05) is 6.61 Å². The minimum Gasteiger partial charge on any atom is -0.458 e. The highest BCUT2D eigenvalue weighted by molar-refractivity contribution is 5.86. The van der Waals surface area contributed by atoms with E-state index in [1.807, 2.05) is 10.9 Å². The molecule has 0 unspecified atom stereocenters. The summed E-state index contributed by atoms with van der Waals surface area (Å²) in [6.45, 7) is 3.70. The van der Waals surface area contributed by atoms with E-state index in [1.165, 1.54) is 31.4 Å². The molecule has 0 aromatic carbocycles. The molecule has 0 atom stereocenters. The van der Waals surface area contributed by atoms with Crippen LogP contribution in [0.15, 0.2) is 24.9 Å². The Bertz CT molecular complexity index is 459. The van der Waals surface area contributed by atoms with Crippen molar-refractivity contribution in [1.29, 1.82) is 0 Å². The SMILES string of the molecule is C=CCOC(=O)/C=C/c1cn(C2CCCCC2)nn1. The van der Waals surface area contributed by atoms with E-state index < -0.39 is 5.97 Å². The smallest absolute Gasteiger partial charge is 0.331 e. The maximum atomic E-state index is 11.3. The van der Waals surface area contributed by atoms with Crippen molar-refractivity contribution >= 4 is 12.0 Å². The van der Waals surface area contributed by atoms with E-state index >= 15 is 0 Å². The Morgan fingerprint density at radius 1 is 1.47 bits per heavy atom. The van der Waals surface area contributed by atoms with Gasteiger partial charge >= 0.3 is 5.97 Å². The zero-order chi connectivity index (χ0) is 13.5. The molecule has 0 spiro atoms. The fraction of sp³-hybridized carbons (Fsp3) is 0.500. The molecule has 5 heteroatoms. The van der Waals surface area contributed by atoms with Gasteiger partial charge in [0, 0.05) is 6.08 Å². The van der Waals surface area contributed by atoms with E-state index in [2.05, 4.69) is 16.9 Å². The van der Waals surface area contributed by atoms with Crippen LogP contribution in [-0.4, -0.2) is 27.6 Å². The van der Waals surface area contributed by atoms with Crippen LogP contribution in [0.25, 0.3) is 6.08 Å². The highest BCUT2D eigenvalue weighted by atomic mass is 16.5. The van der Waals surface area contributed by atoms with Crippen molar-refractivity contribution in [1.82, 2.24) is 15.0 Å². The van der Waals surface area contributed by atoms with Gasteiger partial charge in [0.05, 0.1) is 12.2 Å². The van der Waals surface area contributed by atoms with Crippen LogP contribution in [0.4, 0.5) is 0 Å². The summed E-state index contributed by atoms with van der Waals surface area (Å²) in [5.74, 6) is -0.396. The second-order valence-corrected chi connectivity index (χ2v) is 4.67. The number of carbonyl (C=O) groups is 1. The van der Waals surface area contributed by atoms with Gasteiger partial charge in [0.25, 0.3) is 0 Å². The fourth-order valence-corrected chi connectivity index (χ4v) is 2.23. The molecule has 19 heavy (non-hydrogen) atoms. The standard InChI is InChI=1S/C14H19N3O2/c1-2-10-19-14(18)9-8-12-11-17(16-15-12)13-6-4-3-5-7-13/h2,8-9,11,13H,1,3-7,10H2/b9-8+. The van der Waals surface area contributed by atoms with Crippen molar-refractivity contribution in [3.63, 3.8) is 0 Å². The number of rotatable bonds is 5. The minimum absolute atomic E-state index is 0.220. The van der Waals surface area contributed by atoms with Gasteiger partial charge in [-0.05, 0) is 18.9 Å². The third kappa shape index (κ3) is 4.05. The third-order valence-corrected chi connectivity index (χ3v) is 3.21. The molecule has 0 N–H and O–H groups in total. The van der Waals surface area contributed by atoms with E-state index in [1.54, 1.807) is 6.08 Å². The van der Waals surface area contributed by atoms with Crippen LogP contribution in [0.5, 0.6) is 0 Å². The molecule has 1 fully saturated rings. The molecule has 0 saturated heterocycles. The number of nitrogens with zero attached hydrogens (tertiary/aromatic N) is 3. The summed E-state index contributed by atoms with van der Waals surface area (Å²) in [4.78, 5) is 11.3. The lowest BCUT2D eigenvalue weighted by Crippen LogP contribution is -2.13. The van der Waals surface area contributed by atoms with Gasteiger partial charge in [-0.3, -0.25) is 0 Å². The van der Waals surface area contributed by atoms with Crippen LogP contribution in [-0.2, 0) is 9.53 Å². The van der Waals surface area contributed by atoms with Crippen LogP contribution in [0.1, 0.15) is 43.8 Å². The zero-order valence-corrected chi connectivity index (χ0v) is 11.0. The van der Waals surface area contributed by atoms with Gasteiger partial charge in [-0.2, -0.15) is 0 Å². The maximum Gasteiger partial charge on any atom is 0.331 e. The Balaban J connectivity index is 1.91. The lowest BCUT2D eigenvalue weighted by Gasteiger charge is -2.20. The first-order chi connectivity index (χ1) is 9.29. The van der Waals surface area contributed by atoms with Gasteiger partial charge in [-0.15, -0.1) is 5.10 Å². The highest BCUT2D eigenvalue weighted by Crippen LogP contribution is 2.27. The Kier molecular flexibility index (Phi) is 4.89. The van der Waals surface area contributed by atoms with Crippen LogP contribution in [0.3, 0.4) is 0 Å². The topological polar surface area (TPSA) is 57.0 Å². The molecule has 5 nitrogen and oxygen atoms in total. The van der Waals surface area contributed by atoms with E-state index in [-0.39, 0.29) is 6.61 Å². The zero-order valence-electron chi connectivity index (χ0n) is 11.0. The van der Waals surface area contributed by atoms with Gasteiger partial charge in [-0.25, -0.2) is 9.48 Å². The first-order valence-corrected chi connectivity index (χ1v) is 6.67. The molecule has 0 aliphatic heterocycles. The van der Waals surface area contributed by atoms with Crippen molar-refractivity contribution in [2.45, 2.75) is 38.1 Å². The first kappa shape index (κ1) is 13.5. The van der Waals surface area contributed by atoms with E-state index in [0.29, 0.717) is 11.7 Å². The monoisotopic (exact) mass is 261 g/mol. The summed E-state index contributed by atoms with van der Waals surface area (Å²) in [6, 6.07) is 0.455. The van der Waals surface area contributed by atoms with Crippen LogP contribution in [0, 0.1) is 0 Å². The first-order valence-electron chi connectivity index (χ1n) is 6.67. The molecule has 0 amide bonds. The van der Waals surface area contributed by atoms with E-state index in [9.17, 15) is 4.79 Å². The van der Waals surface area contributed by atoms with Gasteiger partial charge in [-0.1, -0.05) is 37.1 Å². The second-order valence-electron chi connectivity index (χ2n) is 4.67. The van der Waals surface area contributed by atoms with Crippen molar-refractivity contribution in [2.24, 2.45) is 0 Å². The summed E-state index contributed by atoms with van der Waals surface area (Å²) >= 11 is 0. The molecule has 1 aromatic rings. The second kappa shape index (κ2) is 6.87. The van der Waals surface area contributed by atoms with Gasteiger partial charge < -0.3 is 4.74 Å². The van der Waals surface area contributed by atoms with Crippen molar-refractivity contribution in [3.05, 3.63) is 30.6 Å². The Morgan fingerprint density at radius 3 is 3.00 bits per heavy atom. The maximum absolute atomic E-state index is 11.3. The van der Waals surface area contributed by atoms with Crippen LogP contribution < -0.4 is 0 Å². The lowest BCUT2D eigenvalue weighted by molar-refractivity contribution is -0.136. The van der Waals surface area contributed by atoms with Crippen LogP contribution in [0.2, 0.25) is 0 Å². The fourth-order valence-electron chi connectivity index (χ4n) is 2.23. The Morgan fingerprint density at radius 2 is 2.26 bits per heavy atom. The minimum atomic E-state index is -0.396. The molecule has 0 bridgehead atoms. The number of carbonyl (C=O) groups excluding carboxylic acids is 1. The van der Waals surface area contributed by atoms with Gasteiger partial charge in [0.15, 0.2) is 0 Å². The molecule has 1 heterocycles. The number of ether oxygens (including phenoxy) is 1. The number of esters is 1. The predicted octanol–water partition coefficient (Wildman–Crippen LogP) is 2.53. The molecule has 1 aliphatic carbocycles. The number of aromatic nitrogens is 3. The van der Waals surface area contributed by atoms with Crippen LogP contribution >= 0.6 is 0 Å². The highest BCUT2D eigenvalue weighted by Gasteiger charge is 2.16. The third-order valence-electron chi connectivity index (χ3n) is 3.21. The molecular formula is C14H19N3O2. The normalized spacial score (nSPS) is 16.6. The van der Waals surface area contributed by atoms with E-state index in [0.717, 1.165) is 12.8 Å². The molecule has 1 aliphatic rings. The average molecular weight is 261 g/mol. The lowest BCUT2D eigenvalue weighted by atomic mass is 9.96. The average Bonchev–Trinajstić information content (AvgIpc) is 2.93. The van der Waals surface area contributed by atoms with Gasteiger partial charge in [0.1, 0.15) is 12.3 Å². The van der Waals surface area contributed by atoms with E-state index in [4.69, 9.17) is 4.74 Å². The summed E-state index contributed by atoms with van der Waals surface area (Å²) < 4.78 is 6.75. The molecule has 102 valence electrons. The summed E-state index contributed by atoms with van der Waals surface area (Å²) in [5, 5.41) is 8.17. The molecule has 1 aromatic heterocycles. The Labute approximate surface area is 112 Å². The summed E-state index contributed by atoms with van der Waals surface area (Å²) in [5.41, 5.74) is 0.682. The van der Waals surface area contributed by atoms with Gasteiger partial charge in [0.2, 0.25) is 0 Å². The largest absolute Gasteiger partial charge is 0.458 e. The quantitative estimate of drug-likeness (QED) is 0.464. The number of hydrogen-bond acceptors (Lipinski definition) is 4. The summed E-state index contributed by atoms with van der Waals surface area (Å²) in [7, 11) is 0. The van der Waals surface area contributed by atoms with Crippen molar-refractivity contribution < 1.29 is 9.53 Å². The predicted molar refractivity (Wildman–Crippen MR) is 72.3 cm³/mol. The molecule has 2 rings (SSSR count).